The van der Waals surface area contributed by atoms with Gasteiger partial charge in [0, 0.05) is 23.0 Å². The molecule has 3 heteroatoms. The number of aromatic nitrogens is 1. The second-order valence-corrected chi connectivity index (χ2v) is 4.98. The smallest absolute Gasteiger partial charge is 0.0953 e. The van der Waals surface area contributed by atoms with E-state index in [1.807, 2.05) is 24.5 Å². The lowest BCUT2D eigenvalue weighted by Gasteiger charge is -2.01. The minimum Gasteiger partial charge on any atom is -0.328 e. The molecule has 0 radical (unpaired) electrons. The van der Waals surface area contributed by atoms with Crippen molar-refractivity contribution in [1.82, 2.24) is 4.98 Å². The van der Waals surface area contributed by atoms with Crippen LogP contribution in [0.1, 0.15) is 43.0 Å². The normalized spacial score (nSPS) is 13.6. The molecule has 0 aliphatic heterocycles. The minimum absolute atomic E-state index is 0.296. The molecule has 0 amide bonds. The van der Waals surface area contributed by atoms with E-state index in [9.17, 15) is 0 Å². The molecule has 0 saturated carbocycles. The monoisotopic (exact) mass is 198 g/mol. The Bertz CT molecular complexity index is 253. The molecule has 1 atom stereocenters. The van der Waals surface area contributed by atoms with Crippen LogP contribution in [0.5, 0.6) is 0 Å². The highest BCUT2D eigenvalue weighted by Gasteiger charge is 2.05. The molecule has 0 aliphatic rings. The van der Waals surface area contributed by atoms with Crippen molar-refractivity contribution in [2.24, 2.45) is 5.73 Å². The van der Waals surface area contributed by atoms with E-state index in [-0.39, 0.29) is 0 Å². The second-order valence-electron chi connectivity index (χ2n) is 3.84. The molecule has 2 N–H and O–H groups in total. The zero-order chi connectivity index (χ0) is 9.84. The van der Waals surface area contributed by atoms with Gasteiger partial charge in [0.05, 0.1) is 5.01 Å². The average Bonchev–Trinajstić information content (AvgIpc) is 2.48. The molecule has 1 aromatic heterocycles. The number of hydrogen-bond acceptors (Lipinski definition) is 3. The number of rotatable bonds is 4. The lowest BCUT2D eigenvalue weighted by molar-refractivity contribution is 0.670. The Morgan fingerprint density at radius 3 is 2.62 bits per heavy atom. The van der Waals surface area contributed by atoms with Crippen LogP contribution in [0.2, 0.25) is 0 Å². The fourth-order valence-corrected chi connectivity index (χ4v) is 2.01. The summed E-state index contributed by atoms with van der Waals surface area (Å²) in [6.07, 6.45) is 4.12. The van der Waals surface area contributed by atoms with Crippen molar-refractivity contribution in [3.05, 3.63) is 16.1 Å². The molecule has 2 nitrogen and oxygen atoms in total. The topological polar surface area (TPSA) is 38.9 Å². The Labute approximate surface area is 84.2 Å². The molecule has 0 aromatic carbocycles. The Morgan fingerprint density at radius 2 is 2.15 bits per heavy atom. The van der Waals surface area contributed by atoms with Crippen molar-refractivity contribution < 1.29 is 0 Å². The Hall–Kier alpha value is -0.410. The molecule has 1 unspecified atom stereocenters. The highest BCUT2D eigenvalue weighted by molar-refractivity contribution is 7.11. The van der Waals surface area contributed by atoms with Crippen LogP contribution in [0.4, 0.5) is 0 Å². The van der Waals surface area contributed by atoms with Gasteiger partial charge in [-0.25, -0.2) is 4.98 Å². The second kappa shape index (κ2) is 4.72. The number of nitrogens with two attached hydrogens (primary N) is 1. The zero-order valence-corrected chi connectivity index (χ0v) is 9.40. The summed E-state index contributed by atoms with van der Waals surface area (Å²) < 4.78 is 0. The standard InChI is InChI=1S/C10H18N2S/c1-7(2)10-12-6-9(13-10)5-4-8(3)11/h6-8H,4-5,11H2,1-3H3. The Kier molecular flexibility index (Phi) is 3.88. The minimum atomic E-state index is 0.296. The molecule has 0 aliphatic carbocycles. The molecule has 1 aromatic rings. The lowest BCUT2D eigenvalue weighted by atomic mass is 10.2. The summed E-state index contributed by atoms with van der Waals surface area (Å²) >= 11 is 1.82. The SMILES string of the molecule is CC(N)CCc1cnc(C(C)C)s1. The van der Waals surface area contributed by atoms with E-state index in [1.165, 1.54) is 9.88 Å². The molecule has 1 rings (SSSR count). The van der Waals surface area contributed by atoms with Crippen molar-refractivity contribution >= 4 is 11.3 Å². The third-order valence-corrected chi connectivity index (χ3v) is 3.27. The molecule has 0 fully saturated rings. The summed E-state index contributed by atoms with van der Waals surface area (Å²) in [5, 5.41) is 1.24. The van der Waals surface area contributed by atoms with Gasteiger partial charge in [0.2, 0.25) is 0 Å². The molecule has 0 spiro atoms. The van der Waals surface area contributed by atoms with E-state index >= 15 is 0 Å². The zero-order valence-electron chi connectivity index (χ0n) is 8.58. The van der Waals surface area contributed by atoms with Crippen molar-refractivity contribution in [1.29, 1.82) is 0 Å². The maximum Gasteiger partial charge on any atom is 0.0953 e. The molecule has 1 heterocycles. The highest BCUT2D eigenvalue weighted by atomic mass is 32.1. The maximum absolute atomic E-state index is 5.69. The van der Waals surface area contributed by atoms with Gasteiger partial charge in [0.1, 0.15) is 0 Å². The summed E-state index contributed by atoms with van der Waals surface area (Å²) in [5.74, 6) is 0.550. The van der Waals surface area contributed by atoms with Gasteiger partial charge in [-0.1, -0.05) is 13.8 Å². The predicted molar refractivity (Wildman–Crippen MR) is 58.2 cm³/mol. The first-order valence-corrected chi connectivity index (χ1v) is 5.61. The van der Waals surface area contributed by atoms with E-state index in [2.05, 4.69) is 18.8 Å². The van der Waals surface area contributed by atoms with E-state index in [1.54, 1.807) is 0 Å². The van der Waals surface area contributed by atoms with Gasteiger partial charge < -0.3 is 5.73 Å². The number of hydrogen-bond donors (Lipinski definition) is 1. The third-order valence-electron chi connectivity index (χ3n) is 1.91. The van der Waals surface area contributed by atoms with E-state index in [0.717, 1.165) is 12.8 Å². The van der Waals surface area contributed by atoms with Gasteiger partial charge in [0.25, 0.3) is 0 Å². The van der Waals surface area contributed by atoms with Gasteiger partial charge >= 0.3 is 0 Å². The van der Waals surface area contributed by atoms with Crippen molar-refractivity contribution in [3.63, 3.8) is 0 Å². The van der Waals surface area contributed by atoms with Gasteiger partial charge in [-0.15, -0.1) is 11.3 Å². The van der Waals surface area contributed by atoms with E-state index < -0.39 is 0 Å². The number of aryl methyl sites for hydroxylation is 1. The quantitative estimate of drug-likeness (QED) is 0.807. The first-order valence-electron chi connectivity index (χ1n) is 4.79. The van der Waals surface area contributed by atoms with Crippen LogP contribution < -0.4 is 5.73 Å². The molecule has 13 heavy (non-hydrogen) atoms. The summed E-state index contributed by atoms with van der Waals surface area (Å²) in [6, 6.07) is 0.296. The van der Waals surface area contributed by atoms with Gasteiger partial charge in [-0.3, -0.25) is 0 Å². The van der Waals surface area contributed by atoms with Gasteiger partial charge in [-0.05, 0) is 19.8 Å². The van der Waals surface area contributed by atoms with Crippen LogP contribution in [-0.2, 0) is 6.42 Å². The van der Waals surface area contributed by atoms with Crippen LogP contribution in [0.15, 0.2) is 6.20 Å². The van der Waals surface area contributed by atoms with Crippen molar-refractivity contribution in [2.75, 3.05) is 0 Å². The van der Waals surface area contributed by atoms with Gasteiger partial charge in [-0.2, -0.15) is 0 Å². The van der Waals surface area contributed by atoms with Crippen LogP contribution in [-0.4, -0.2) is 11.0 Å². The first-order chi connectivity index (χ1) is 6.09. The summed E-state index contributed by atoms with van der Waals surface area (Å²) in [6.45, 7) is 6.40. The van der Waals surface area contributed by atoms with Crippen LogP contribution >= 0.6 is 11.3 Å². The number of thiazole rings is 1. The van der Waals surface area contributed by atoms with Crippen LogP contribution in [0.25, 0.3) is 0 Å². The molecular formula is C10H18N2S. The Morgan fingerprint density at radius 1 is 1.46 bits per heavy atom. The molecule has 0 bridgehead atoms. The third kappa shape index (κ3) is 3.44. The fourth-order valence-electron chi connectivity index (χ4n) is 1.08. The Balaban J connectivity index is 2.49. The fraction of sp³-hybridized carbons (Fsp3) is 0.700. The largest absolute Gasteiger partial charge is 0.328 e. The van der Waals surface area contributed by atoms with Crippen molar-refractivity contribution in [3.8, 4) is 0 Å². The number of nitrogens with zero attached hydrogens (tertiary/aromatic N) is 1. The van der Waals surface area contributed by atoms with Crippen molar-refractivity contribution in [2.45, 2.75) is 45.6 Å². The maximum atomic E-state index is 5.69. The molecular weight excluding hydrogens is 180 g/mol. The van der Waals surface area contributed by atoms with E-state index in [4.69, 9.17) is 5.73 Å². The molecule has 0 saturated heterocycles. The average molecular weight is 198 g/mol. The van der Waals surface area contributed by atoms with Gasteiger partial charge in [0.15, 0.2) is 0 Å². The lowest BCUT2D eigenvalue weighted by Crippen LogP contribution is -2.14. The molecule has 74 valence electrons. The highest BCUT2D eigenvalue weighted by Crippen LogP contribution is 2.21. The summed E-state index contributed by atoms with van der Waals surface area (Å²) in [5.41, 5.74) is 5.69. The first kappa shape index (κ1) is 10.7. The predicted octanol–water partition coefficient (Wildman–Crippen LogP) is 2.55. The van der Waals surface area contributed by atoms with Crippen LogP contribution in [0, 0.1) is 0 Å². The summed E-state index contributed by atoms with van der Waals surface area (Å²) in [7, 11) is 0. The van der Waals surface area contributed by atoms with Crippen LogP contribution in [0.3, 0.4) is 0 Å². The summed E-state index contributed by atoms with van der Waals surface area (Å²) in [4.78, 5) is 5.73. The van der Waals surface area contributed by atoms with E-state index in [0.29, 0.717) is 12.0 Å².